The maximum absolute atomic E-state index is 11.7. The second kappa shape index (κ2) is 8.72. The molecular formula is C22H36N2O3S. The Morgan fingerprint density at radius 1 is 1.25 bits per heavy atom. The number of rotatable bonds is 7. The van der Waals surface area contributed by atoms with Gasteiger partial charge in [-0.2, -0.15) is 0 Å². The first-order chi connectivity index (χ1) is 13.2. The molecule has 0 amide bonds. The van der Waals surface area contributed by atoms with Gasteiger partial charge in [0.25, 0.3) is 0 Å². The summed E-state index contributed by atoms with van der Waals surface area (Å²) in [4.78, 5) is 2.54. The second-order valence-corrected chi connectivity index (χ2v) is 10.7. The number of hydrogen-bond donors (Lipinski definition) is 0. The molecule has 3 unspecified atom stereocenters. The van der Waals surface area contributed by atoms with E-state index >= 15 is 0 Å². The number of nitrogens with zero attached hydrogens (tertiary/aromatic N) is 2. The van der Waals surface area contributed by atoms with Gasteiger partial charge in [-0.25, -0.2) is 12.7 Å². The first kappa shape index (κ1) is 21.6. The average molecular weight is 409 g/mol. The van der Waals surface area contributed by atoms with Crippen molar-refractivity contribution in [2.24, 2.45) is 5.92 Å². The van der Waals surface area contributed by atoms with Crippen LogP contribution < -0.4 is 4.74 Å². The first-order valence-electron chi connectivity index (χ1n) is 10.7. The van der Waals surface area contributed by atoms with E-state index in [0.29, 0.717) is 31.0 Å². The van der Waals surface area contributed by atoms with Crippen LogP contribution in [-0.4, -0.2) is 62.2 Å². The van der Waals surface area contributed by atoms with E-state index in [4.69, 9.17) is 4.74 Å². The summed E-state index contributed by atoms with van der Waals surface area (Å²) in [6.45, 7) is 12.3. The largest absolute Gasteiger partial charge is 0.490 e. The molecule has 0 saturated carbocycles. The van der Waals surface area contributed by atoms with Crippen molar-refractivity contribution in [1.29, 1.82) is 0 Å². The van der Waals surface area contributed by atoms with Gasteiger partial charge >= 0.3 is 0 Å². The normalized spacial score (nSPS) is 24.9. The van der Waals surface area contributed by atoms with Gasteiger partial charge in [0.15, 0.2) is 0 Å². The molecule has 5 nitrogen and oxygen atoms in total. The van der Waals surface area contributed by atoms with Crippen molar-refractivity contribution in [3.63, 3.8) is 0 Å². The molecule has 1 aromatic carbocycles. The summed E-state index contributed by atoms with van der Waals surface area (Å²) in [6.07, 6.45) is 4.50. The van der Waals surface area contributed by atoms with E-state index in [1.807, 2.05) is 0 Å². The van der Waals surface area contributed by atoms with Gasteiger partial charge in [-0.3, -0.25) is 0 Å². The molecule has 0 aromatic heterocycles. The van der Waals surface area contributed by atoms with Crippen LogP contribution in [0.5, 0.6) is 5.75 Å². The molecule has 0 radical (unpaired) electrons. The molecule has 28 heavy (non-hydrogen) atoms. The van der Waals surface area contributed by atoms with Gasteiger partial charge in [0, 0.05) is 37.2 Å². The van der Waals surface area contributed by atoms with Crippen molar-refractivity contribution < 1.29 is 13.2 Å². The average Bonchev–Trinajstić information content (AvgIpc) is 2.92. The summed E-state index contributed by atoms with van der Waals surface area (Å²) in [7, 11) is -3.05. The van der Waals surface area contributed by atoms with Crippen LogP contribution in [0.4, 0.5) is 0 Å². The zero-order valence-electron chi connectivity index (χ0n) is 18.0. The molecule has 0 spiro atoms. The van der Waals surface area contributed by atoms with E-state index in [9.17, 15) is 8.42 Å². The van der Waals surface area contributed by atoms with Crippen LogP contribution in [0, 0.1) is 5.92 Å². The maximum atomic E-state index is 11.7. The predicted molar refractivity (Wildman–Crippen MR) is 115 cm³/mol. The first-order valence-corrected chi connectivity index (χ1v) is 12.5. The molecule has 1 saturated heterocycles. The smallest absolute Gasteiger partial charge is 0.211 e. The Kier molecular flexibility index (Phi) is 6.72. The molecule has 2 heterocycles. The quantitative estimate of drug-likeness (QED) is 0.693. The van der Waals surface area contributed by atoms with E-state index in [0.717, 1.165) is 38.1 Å². The highest BCUT2D eigenvalue weighted by Gasteiger charge is 2.29. The van der Waals surface area contributed by atoms with Gasteiger partial charge in [-0.1, -0.05) is 26.0 Å². The molecule has 1 fully saturated rings. The van der Waals surface area contributed by atoms with Crippen LogP contribution >= 0.6 is 0 Å². The molecule has 0 N–H and O–H groups in total. The molecule has 6 heteroatoms. The molecule has 3 rings (SSSR count). The minimum Gasteiger partial charge on any atom is -0.490 e. The lowest BCUT2D eigenvalue weighted by Gasteiger charge is -2.36. The number of benzene rings is 1. The Labute approximate surface area is 171 Å². The van der Waals surface area contributed by atoms with Crippen LogP contribution in [0.2, 0.25) is 0 Å². The molecule has 0 aliphatic carbocycles. The summed E-state index contributed by atoms with van der Waals surface area (Å²) in [6, 6.07) is 7.17. The van der Waals surface area contributed by atoms with Gasteiger partial charge in [-0.15, -0.1) is 0 Å². The molecule has 3 atom stereocenters. The zero-order valence-corrected chi connectivity index (χ0v) is 18.8. The van der Waals surface area contributed by atoms with Crippen LogP contribution in [0.25, 0.3) is 0 Å². The second-order valence-electron chi connectivity index (χ2n) is 8.73. The van der Waals surface area contributed by atoms with Crippen molar-refractivity contribution in [3.8, 4) is 5.75 Å². The maximum Gasteiger partial charge on any atom is 0.211 e. The Balaban J connectivity index is 1.56. The van der Waals surface area contributed by atoms with Crippen molar-refractivity contribution in [2.75, 3.05) is 32.4 Å². The van der Waals surface area contributed by atoms with Crippen molar-refractivity contribution in [3.05, 3.63) is 29.3 Å². The van der Waals surface area contributed by atoms with E-state index in [2.05, 4.69) is 50.8 Å². The van der Waals surface area contributed by atoms with Crippen LogP contribution in [-0.2, 0) is 16.4 Å². The lowest BCUT2D eigenvalue weighted by Crippen LogP contribution is -2.43. The highest BCUT2D eigenvalue weighted by atomic mass is 32.2. The number of piperidine rings is 1. The molecule has 2 aliphatic rings. The van der Waals surface area contributed by atoms with Crippen molar-refractivity contribution in [1.82, 2.24) is 9.21 Å². The summed E-state index contributed by atoms with van der Waals surface area (Å²) in [5.74, 6) is 2.10. The minimum absolute atomic E-state index is 0.257. The van der Waals surface area contributed by atoms with Gasteiger partial charge in [-0.05, 0) is 57.2 Å². The summed E-state index contributed by atoms with van der Waals surface area (Å²) in [5, 5.41) is 0. The molecule has 158 valence electrons. The standard InChI is InChI=1S/C22H36N2O3S/c1-6-23(15-19-9-11-24(12-10-19)28(5,25)26)16(2)13-20-7-8-21-17(3)18(4)27-22(21)14-20/h7-8,14,16-19H,6,9-13,15H2,1-5H3. The predicted octanol–water partition coefficient (Wildman–Crippen LogP) is 3.50. The van der Waals surface area contributed by atoms with Gasteiger partial charge < -0.3 is 9.64 Å². The van der Waals surface area contributed by atoms with Crippen molar-refractivity contribution in [2.45, 2.75) is 65.0 Å². The van der Waals surface area contributed by atoms with Crippen molar-refractivity contribution >= 4 is 10.0 Å². The Hall–Kier alpha value is -1.11. The number of ether oxygens (including phenoxy) is 1. The fraction of sp³-hybridized carbons (Fsp3) is 0.727. The number of fused-ring (bicyclic) bond motifs is 1. The zero-order chi connectivity index (χ0) is 20.5. The van der Waals surface area contributed by atoms with E-state index in [-0.39, 0.29) is 6.10 Å². The highest BCUT2D eigenvalue weighted by Crippen LogP contribution is 2.38. The SMILES string of the molecule is CCN(CC1CCN(S(C)(=O)=O)CC1)C(C)Cc1ccc2c(c1)OC(C)C2C. The third kappa shape index (κ3) is 4.89. The van der Waals surface area contributed by atoms with Crippen LogP contribution in [0.1, 0.15) is 57.6 Å². The number of hydrogen-bond acceptors (Lipinski definition) is 4. The van der Waals surface area contributed by atoms with E-state index in [1.165, 1.54) is 17.4 Å². The third-order valence-electron chi connectivity index (χ3n) is 6.68. The van der Waals surface area contributed by atoms with Crippen LogP contribution in [0.3, 0.4) is 0 Å². The lowest BCUT2D eigenvalue weighted by atomic mass is 9.94. The molecular weight excluding hydrogens is 372 g/mol. The summed E-state index contributed by atoms with van der Waals surface area (Å²) in [5.41, 5.74) is 2.66. The van der Waals surface area contributed by atoms with Gasteiger partial charge in [0.1, 0.15) is 11.9 Å². The number of likely N-dealkylation sites (N-methyl/N-ethyl adjacent to an activating group) is 1. The lowest BCUT2D eigenvalue weighted by molar-refractivity contribution is 0.152. The fourth-order valence-electron chi connectivity index (χ4n) is 4.59. The molecule has 1 aromatic rings. The fourth-order valence-corrected chi connectivity index (χ4v) is 5.46. The summed E-state index contributed by atoms with van der Waals surface area (Å²) < 4.78 is 31.1. The monoisotopic (exact) mass is 408 g/mol. The van der Waals surface area contributed by atoms with E-state index in [1.54, 1.807) is 4.31 Å². The highest BCUT2D eigenvalue weighted by molar-refractivity contribution is 7.88. The Morgan fingerprint density at radius 2 is 1.93 bits per heavy atom. The van der Waals surface area contributed by atoms with Crippen LogP contribution in [0.15, 0.2) is 18.2 Å². The Bertz CT molecular complexity index is 772. The van der Waals surface area contributed by atoms with Gasteiger partial charge in [0.2, 0.25) is 10.0 Å². The third-order valence-corrected chi connectivity index (χ3v) is 7.98. The van der Waals surface area contributed by atoms with E-state index < -0.39 is 10.0 Å². The minimum atomic E-state index is -3.05. The summed E-state index contributed by atoms with van der Waals surface area (Å²) >= 11 is 0. The Morgan fingerprint density at radius 3 is 2.54 bits per heavy atom. The van der Waals surface area contributed by atoms with Gasteiger partial charge in [0.05, 0.1) is 6.26 Å². The molecule has 0 bridgehead atoms. The topological polar surface area (TPSA) is 49.9 Å². The molecule has 2 aliphatic heterocycles. The number of sulfonamides is 1.